The van der Waals surface area contributed by atoms with Gasteiger partial charge in [0.1, 0.15) is 0 Å². The van der Waals surface area contributed by atoms with E-state index in [1.807, 2.05) is 0 Å². The van der Waals surface area contributed by atoms with Crippen LogP contribution in [0.15, 0.2) is 0 Å². The molecule has 0 aromatic heterocycles. The summed E-state index contributed by atoms with van der Waals surface area (Å²) < 4.78 is 0. The second-order valence-electron chi connectivity index (χ2n) is 4.90. The summed E-state index contributed by atoms with van der Waals surface area (Å²) in [5.74, 6) is 1.79. The number of fused-ring (bicyclic) bond motifs is 2. The van der Waals surface area contributed by atoms with Crippen LogP contribution in [0.5, 0.6) is 0 Å². The lowest BCUT2D eigenvalue weighted by atomic mass is 9.84. The molecule has 0 radical (unpaired) electrons. The Bertz CT molecular complexity index is 229. The Balaban J connectivity index is 1.80. The van der Waals surface area contributed by atoms with E-state index in [2.05, 4.69) is 12.2 Å². The third-order valence-corrected chi connectivity index (χ3v) is 4.01. The molecule has 2 rings (SSSR count). The third kappa shape index (κ3) is 1.92. The van der Waals surface area contributed by atoms with Crippen molar-refractivity contribution in [3.63, 3.8) is 0 Å². The van der Waals surface area contributed by atoms with Crippen LogP contribution in [0.4, 0.5) is 0 Å². The topological polar surface area (TPSA) is 49.3 Å². The van der Waals surface area contributed by atoms with Crippen molar-refractivity contribution in [1.29, 1.82) is 0 Å². The lowest BCUT2D eigenvalue weighted by molar-refractivity contribution is -0.136. The molecule has 3 nitrogen and oxygen atoms in total. The maximum atomic E-state index is 10.4. The van der Waals surface area contributed by atoms with Gasteiger partial charge in [-0.05, 0) is 43.9 Å². The van der Waals surface area contributed by atoms with Crippen molar-refractivity contribution in [1.82, 2.24) is 5.32 Å². The second-order valence-corrected chi connectivity index (χ2v) is 4.90. The maximum absolute atomic E-state index is 10.4. The quantitative estimate of drug-likeness (QED) is 0.717. The van der Waals surface area contributed by atoms with Crippen LogP contribution >= 0.6 is 0 Å². The summed E-state index contributed by atoms with van der Waals surface area (Å²) >= 11 is 0. The van der Waals surface area contributed by atoms with Gasteiger partial charge in [0.25, 0.3) is 0 Å². The highest BCUT2D eigenvalue weighted by Crippen LogP contribution is 2.49. The van der Waals surface area contributed by atoms with E-state index in [0.29, 0.717) is 6.04 Å². The van der Waals surface area contributed by atoms with Gasteiger partial charge in [-0.15, -0.1) is 0 Å². The Morgan fingerprint density at radius 3 is 2.79 bits per heavy atom. The van der Waals surface area contributed by atoms with E-state index in [0.717, 1.165) is 17.8 Å². The van der Waals surface area contributed by atoms with E-state index < -0.39 is 5.97 Å². The summed E-state index contributed by atoms with van der Waals surface area (Å²) in [6, 6.07) is 0.376. The van der Waals surface area contributed by atoms with Crippen LogP contribution in [0.2, 0.25) is 0 Å². The van der Waals surface area contributed by atoms with E-state index in [1.165, 1.54) is 25.7 Å². The Kier molecular flexibility index (Phi) is 2.77. The van der Waals surface area contributed by atoms with Crippen molar-refractivity contribution < 1.29 is 9.90 Å². The highest BCUT2D eigenvalue weighted by Gasteiger charge is 2.41. The molecule has 3 heteroatoms. The van der Waals surface area contributed by atoms with Gasteiger partial charge in [0.15, 0.2) is 0 Å². The fourth-order valence-corrected chi connectivity index (χ4v) is 3.31. The van der Waals surface area contributed by atoms with E-state index in [-0.39, 0.29) is 6.54 Å². The SMILES string of the molecule is CC(NCC(=O)O)C1CC2CCC1C2. The van der Waals surface area contributed by atoms with Gasteiger partial charge in [-0.1, -0.05) is 6.42 Å². The molecule has 14 heavy (non-hydrogen) atoms. The Labute approximate surface area is 84.9 Å². The first-order chi connectivity index (χ1) is 6.66. The predicted molar refractivity (Wildman–Crippen MR) is 54.0 cm³/mol. The molecule has 0 aromatic rings. The Hall–Kier alpha value is -0.570. The second kappa shape index (κ2) is 3.89. The average molecular weight is 197 g/mol. The van der Waals surface area contributed by atoms with Gasteiger partial charge in [0.05, 0.1) is 6.54 Å². The van der Waals surface area contributed by atoms with Gasteiger partial charge < -0.3 is 10.4 Å². The van der Waals surface area contributed by atoms with Gasteiger partial charge in [-0.25, -0.2) is 0 Å². The average Bonchev–Trinajstić information content (AvgIpc) is 2.74. The zero-order chi connectivity index (χ0) is 10.1. The zero-order valence-corrected chi connectivity index (χ0v) is 8.70. The number of carboxylic acid groups (broad SMARTS) is 1. The summed E-state index contributed by atoms with van der Waals surface area (Å²) in [6.07, 6.45) is 5.49. The summed E-state index contributed by atoms with van der Waals surface area (Å²) in [5, 5.41) is 11.7. The molecule has 2 bridgehead atoms. The number of hydrogen-bond donors (Lipinski definition) is 2. The zero-order valence-electron chi connectivity index (χ0n) is 8.70. The molecule has 0 saturated heterocycles. The van der Waals surface area contributed by atoms with Crippen molar-refractivity contribution >= 4 is 5.97 Å². The molecular formula is C11H19NO2. The molecule has 2 aliphatic rings. The van der Waals surface area contributed by atoms with Gasteiger partial charge in [0.2, 0.25) is 0 Å². The number of carboxylic acids is 1. The molecule has 2 N–H and O–H groups in total. The smallest absolute Gasteiger partial charge is 0.317 e. The number of carbonyl (C=O) groups is 1. The maximum Gasteiger partial charge on any atom is 0.317 e. The van der Waals surface area contributed by atoms with Crippen LogP contribution in [0, 0.1) is 17.8 Å². The highest BCUT2D eigenvalue weighted by molar-refractivity contribution is 5.69. The fourth-order valence-electron chi connectivity index (χ4n) is 3.31. The molecule has 0 aliphatic heterocycles. The summed E-state index contributed by atoms with van der Waals surface area (Å²) in [4.78, 5) is 10.4. The Morgan fingerprint density at radius 1 is 1.50 bits per heavy atom. The van der Waals surface area contributed by atoms with Crippen molar-refractivity contribution in [2.45, 2.75) is 38.6 Å². The monoisotopic (exact) mass is 197 g/mol. The van der Waals surface area contributed by atoms with Gasteiger partial charge in [-0.2, -0.15) is 0 Å². The largest absolute Gasteiger partial charge is 0.480 e. The predicted octanol–water partition coefficient (Wildman–Crippen LogP) is 1.49. The molecule has 4 unspecified atom stereocenters. The minimum absolute atomic E-state index is 0.106. The van der Waals surface area contributed by atoms with Crippen LogP contribution < -0.4 is 5.32 Å². The molecule has 2 fully saturated rings. The molecular weight excluding hydrogens is 178 g/mol. The first kappa shape index (κ1) is 9.97. The molecule has 0 spiro atoms. The fraction of sp³-hybridized carbons (Fsp3) is 0.909. The third-order valence-electron chi connectivity index (χ3n) is 4.01. The van der Waals surface area contributed by atoms with E-state index in [1.54, 1.807) is 0 Å². The molecule has 2 aliphatic carbocycles. The van der Waals surface area contributed by atoms with Gasteiger partial charge in [0, 0.05) is 6.04 Å². The molecule has 0 aromatic carbocycles. The first-order valence-electron chi connectivity index (χ1n) is 5.62. The van der Waals surface area contributed by atoms with Crippen molar-refractivity contribution in [3.05, 3.63) is 0 Å². The first-order valence-corrected chi connectivity index (χ1v) is 5.62. The summed E-state index contributed by atoms with van der Waals surface area (Å²) in [5.41, 5.74) is 0. The van der Waals surface area contributed by atoms with Crippen LogP contribution in [0.25, 0.3) is 0 Å². The van der Waals surface area contributed by atoms with Crippen molar-refractivity contribution in [2.24, 2.45) is 17.8 Å². The minimum atomic E-state index is -0.750. The van der Waals surface area contributed by atoms with Crippen LogP contribution in [0.1, 0.15) is 32.6 Å². The van der Waals surface area contributed by atoms with E-state index in [4.69, 9.17) is 5.11 Å². The van der Waals surface area contributed by atoms with Gasteiger partial charge >= 0.3 is 5.97 Å². The number of rotatable bonds is 4. The molecule has 2 saturated carbocycles. The minimum Gasteiger partial charge on any atom is -0.480 e. The number of hydrogen-bond acceptors (Lipinski definition) is 2. The van der Waals surface area contributed by atoms with Crippen LogP contribution in [-0.4, -0.2) is 23.7 Å². The van der Waals surface area contributed by atoms with E-state index in [9.17, 15) is 4.79 Å². The van der Waals surface area contributed by atoms with Crippen molar-refractivity contribution in [2.75, 3.05) is 6.54 Å². The molecule has 4 atom stereocenters. The van der Waals surface area contributed by atoms with Gasteiger partial charge in [-0.3, -0.25) is 4.79 Å². The van der Waals surface area contributed by atoms with Crippen LogP contribution in [0.3, 0.4) is 0 Å². The normalized spacial score (nSPS) is 37.4. The highest BCUT2D eigenvalue weighted by atomic mass is 16.4. The lowest BCUT2D eigenvalue weighted by Crippen LogP contribution is -2.39. The standard InChI is InChI=1S/C11H19NO2/c1-7(12-6-11(13)14)10-5-8-2-3-9(10)4-8/h7-10,12H,2-6H2,1H3,(H,13,14). The molecule has 0 heterocycles. The number of aliphatic carboxylic acids is 1. The Morgan fingerprint density at radius 2 is 2.29 bits per heavy atom. The summed E-state index contributed by atoms with van der Waals surface area (Å²) in [6.45, 7) is 2.24. The molecule has 0 amide bonds. The summed E-state index contributed by atoms with van der Waals surface area (Å²) in [7, 11) is 0. The molecule has 80 valence electrons. The number of nitrogens with one attached hydrogen (secondary N) is 1. The van der Waals surface area contributed by atoms with Crippen LogP contribution in [-0.2, 0) is 4.79 Å². The lowest BCUT2D eigenvalue weighted by Gasteiger charge is -2.28. The van der Waals surface area contributed by atoms with E-state index >= 15 is 0 Å². The van der Waals surface area contributed by atoms with Crippen molar-refractivity contribution in [3.8, 4) is 0 Å².